The Bertz CT molecular complexity index is 395. The van der Waals surface area contributed by atoms with Crippen LogP contribution >= 0.6 is 0 Å². The van der Waals surface area contributed by atoms with Crippen LogP contribution in [0.5, 0.6) is 0 Å². The summed E-state index contributed by atoms with van der Waals surface area (Å²) in [6, 6.07) is 6.68. The van der Waals surface area contributed by atoms with Crippen molar-refractivity contribution in [2.24, 2.45) is 5.92 Å². The van der Waals surface area contributed by atoms with Crippen molar-refractivity contribution in [3.63, 3.8) is 0 Å². The van der Waals surface area contributed by atoms with Crippen molar-refractivity contribution >= 4 is 5.97 Å². The fourth-order valence-corrected chi connectivity index (χ4v) is 1.90. The van der Waals surface area contributed by atoms with E-state index in [-0.39, 0.29) is 17.7 Å². The molecule has 0 aliphatic rings. The van der Waals surface area contributed by atoms with Gasteiger partial charge in [-0.25, -0.2) is 4.39 Å². The highest BCUT2D eigenvalue weighted by molar-refractivity contribution is 5.72. The molecule has 1 aromatic carbocycles. The number of carbonyl (C=O) groups excluding carboxylic acids is 1. The number of methoxy groups -OCH3 is 1. The summed E-state index contributed by atoms with van der Waals surface area (Å²) in [5.74, 6) is -0.583. The molecule has 0 bridgehead atoms. The van der Waals surface area contributed by atoms with Crippen molar-refractivity contribution < 1.29 is 13.9 Å². The van der Waals surface area contributed by atoms with Crippen LogP contribution in [0.3, 0.4) is 0 Å². The molecule has 0 aliphatic heterocycles. The first-order chi connectivity index (χ1) is 8.58. The molecule has 0 spiro atoms. The van der Waals surface area contributed by atoms with E-state index in [0.29, 0.717) is 25.1 Å². The Balaban J connectivity index is 2.58. The zero-order valence-corrected chi connectivity index (χ0v) is 11.1. The Morgan fingerprint density at radius 2 is 2.11 bits per heavy atom. The molecule has 1 aromatic rings. The molecule has 4 heteroatoms. The molecule has 0 N–H and O–H groups in total. The minimum Gasteiger partial charge on any atom is -0.469 e. The summed E-state index contributed by atoms with van der Waals surface area (Å²) in [6.07, 6.45) is 0.717. The van der Waals surface area contributed by atoms with Crippen molar-refractivity contribution in [1.29, 1.82) is 0 Å². The lowest BCUT2D eigenvalue weighted by atomic mass is 10.1. The highest BCUT2D eigenvalue weighted by Gasteiger charge is 2.19. The Labute approximate surface area is 108 Å². The summed E-state index contributed by atoms with van der Waals surface area (Å²) >= 11 is 0. The molecular weight excluding hydrogens is 233 g/mol. The summed E-state index contributed by atoms with van der Waals surface area (Å²) in [7, 11) is 3.26. The van der Waals surface area contributed by atoms with Crippen LogP contribution in [0.15, 0.2) is 24.3 Å². The number of esters is 1. The molecule has 0 amide bonds. The second-order valence-electron chi connectivity index (χ2n) is 4.42. The molecule has 0 aliphatic carbocycles. The van der Waals surface area contributed by atoms with E-state index in [2.05, 4.69) is 0 Å². The van der Waals surface area contributed by atoms with Crippen LogP contribution in [-0.2, 0) is 16.1 Å². The van der Waals surface area contributed by atoms with E-state index in [1.165, 1.54) is 13.2 Å². The monoisotopic (exact) mass is 253 g/mol. The molecule has 1 atom stereocenters. The van der Waals surface area contributed by atoms with E-state index in [1.54, 1.807) is 12.1 Å². The summed E-state index contributed by atoms with van der Waals surface area (Å²) in [5.41, 5.74) is 0.639. The number of carbonyl (C=O) groups is 1. The summed E-state index contributed by atoms with van der Waals surface area (Å²) < 4.78 is 18.2. The minimum atomic E-state index is -0.213. The number of halogens is 1. The van der Waals surface area contributed by atoms with Gasteiger partial charge in [0.2, 0.25) is 0 Å². The zero-order valence-electron chi connectivity index (χ0n) is 11.1. The second kappa shape index (κ2) is 7.11. The molecule has 0 aromatic heterocycles. The quantitative estimate of drug-likeness (QED) is 0.729. The van der Waals surface area contributed by atoms with Gasteiger partial charge in [-0.2, -0.15) is 0 Å². The van der Waals surface area contributed by atoms with Crippen molar-refractivity contribution in [3.05, 3.63) is 35.6 Å². The third-order valence-corrected chi connectivity index (χ3v) is 2.96. The maximum Gasteiger partial charge on any atom is 0.309 e. The normalized spacial score (nSPS) is 12.5. The van der Waals surface area contributed by atoms with Gasteiger partial charge in [0.15, 0.2) is 0 Å². The van der Waals surface area contributed by atoms with Gasteiger partial charge in [0, 0.05) is 18.7 Å². The third-order valence-electron chi connectivity index (χ3n) is 2.96. The average Bonchev–Trinajstić information content (AvgIpc) is 2.37. The van der Waals surface area contributed by atoms with E-state index in [9.17, 15) is 9.18 Å². The highest BCUT2D eigenvalue weighted by atomic mass is 19.1. The van der Waals surface area contributed by atoms with E-state index in [1.807, 2.05) is 24.9 Å². The second-order valence-corrected chi connectivity index (χ2v) is 4.42. The van der Waals surface area contributed by atoms with Gasteiger partial charge in [-0.05, 0) is 19.5 Å². The SMILES string of the molecule is CCC(CN(C)Cc1ccccc1F)C(=O)OC. The molecule has 0 saturated carbocycles. The molecule has 0 fully saturated rings. The van der Waals surface area contributed by atoms with Crippen molar-refractivity contribution in [3.8, 4) is 0 Å². The average molecular weight is 253 g/mol. The van der Waals surface area contributed by atoms with Crippen molar-refractivity contribution in [2.75, 3.05) is 20.7 Å². The molecule has 1 rings (SSSR count). The Morgan fingerprint density at radius 3 is 2.67 bits per heavy atom. The maximum absolute atomic E-state index is 13.5. The number of rotatable bonds is 6. The van der Waals surface area contributed by atoms with Gasteiger partial charge in [0.1, 0.15) is 5.82 Å². The van der Waals surface area contributed by atoms with E-state index >= 15 is 0 Å². The van der Waals surface area contributed by atoms with Crippen LogP contribution in [-0.4, -0.2) is 31.6 Å². The molecule has 0 radical (unpaired) electrons. The lowest BCUT2D eigenvalue weighted by Gasteiger charge is -2.21. The summed E-state index contributed by atoms with van der Waals surface area (Å²) in [5, 5.41) is 0. The standard InChI is InChI=1S/C14H20FNO2/c1-4-11(14(17)18-3)9-16(2)10-12-7-5-6-8-13(12)15/h5-8,11H,4,9-10H2,1-3H3. The van der Waals surface area contributed by atoms with Gasteiger partial charge in [-0.15, -0.1) is 0 Å². The summed E-state index contributed by atoms with van der Waals surface area (Å²) in [6.45, 7) is 3.00. The molecule has 0 heterocycles. The zero-order chi connectivity index (χ0) is 13.5. The third kappa shape index (κ3) is 4.11. The Hall–Kier alpha value is -1.42. The van der Waals surface area contributed by atoms with Crippen LogP contribution in [0.25, 0.3) is 0 Å². The number of ether oxygens (including phenoxy) is 1. The molecule has 3 nitrogen and oxygen atoms in total. The first-order valence-corrected chi connectivity index (χ1v) is 6.08. The van der Waals surface area contributed by atoms with Crippen molar-refractivity contribution in [2.45, 2.75) is 19.9 Å². The predicted molar refractivity (Wildman–Crippen MR) is 68.5 cm³/mol. The largest absolute Gasteiger partial charge is 0.469 e. The molecule has 100 valence electrons. The molecule has 18 heavy (non-hydrogen) atoms. The first kappa shape index (κ1) is 14.6. The summed E-state index contributed by atoms with van der Waals surface area (Å²) in [4.78, 5) is 13.4. The first-order valence-electron chi connectivity index (χ1n) is 6.08. The van der Waals surface area contributed by atoms with Crippen LogP contribution in [0.2, 0.25) is 0 Å². The molecule has 1 unspecified atom stereocenters. The van der Waals surface area contributed by atoms with E-state index < -0.39 is 0 Å². The van der Waals surface area contributed by atoms with E-state index in [4.69, 9.17) is 4.74 Å². The molecule has 0 saturated heterocycles. The lowest BCUT2D eigenvalue weighted by molar-refractivity contribution is -0.146. The fourth-order valence-electron chi connectivity index (χ4n) is 1.90. The Morgan fingerprint density at radius 1 is 1.44 bits per heavy atom. The van der Waals surface area contributed by atoms with Crippen LogP contribution < -0.4 is 0 Å². The number of hydrogen-bond donors (Lipinski definition) is 0. The number of benzene rings is 1. The van der Waals surface area contributed by atoms with Crippen LogP contribution in [0.1, 0.15) is 18.9 Å². The lowest BCUT2D eigenvalue weighted by Crippen LogP contribution is -2.30. The number of nitrogens with zero attached hydrogens (tertiary/aromatic N) is 1. The van der Waals surface area contributed by atoms with Gasteiger partial charge in [-0.3, -0.25) is 4.79 Å². The predicted octanol–water partition coefficient (Wildman–Crippen LogP) is 2.46. The fraction of sp³-hybridized carbons (Fsp3) is 0.500. The number of hydrogen-bond acceptors (Lipinski definition) is 3. The highest BCUT2D eigenvalue weighted by Crippen LogP contribution is 2.12. The van der Waals surface area contributed by atoms with Gasteiger partial charge in [0.25, 0.3) is 0 Å². The Kier molecular flexibility index (Phi) is 5.78. The van der Waals surface area contributed by atoms with Crippen LogP contribution in [0.4, 0.5) is 4.39 Å². The minimum absolute atomic E-state index is 0.160. The van der Waals surface area contributed by atoms with Gasteiger partial charge in [-0.1, -0.05) is 25.1 Å². The maximum atomic E-state index is 13.5. The molecular formula is C14H20FNO2. The van der Waals surface area contributed by atoms with Crippen molar-refractivity contribution in [1.82, 2.24) is 4.90 Å². The van der Waals surface area contributed by atoms with Crippen LogP contribution in [0, 0.1) is 11.7 Å². The topological polar surface area (TPSA) is 29.5 Å². The van der Waals surface area contributed by atoms with Gasteiger partial charge in [0.05, 0.1) is 13.0 Å². The van der Waals surface area contributed by atoms with Gasteiger partial charge < -0.3 is 9.64 Å². The van der Waals surface area contributed by atoms with E-state index in [0.717, 1.165) is 0 Å². The smallest absolute Gasteiger partial charge is 0.309 e. The van der Waals surface area contributed by atoms with Gasteiger partial charge >= 0.3 is 5.97 Å².